The van der Waals surface area contributed by atoms with Gasteiger partial charge in [-0.15, -0.1) is 0 Å². The number of carbonyl (C=O) groups is 1. The Morgan fingerprint density at radius 2 is 2.19 bits per heavy atom. The van der Waals surface area contributed by atoms with E-state index in [1.807, 2.05) is 6.92 Å². The predicted molar refractivity (Wildman–Crippen MR) is 76.9 cm³/mol. The van der Waals surface area contributed by atoms with Crippen molar-refractivity contribution >= 4 is 5.91 Å². The summed E-state index contributed by atoms with van der Waals surface area (Å²) in [4.78, 5) is 34.4. The number of aromatic nitrogens is 3. The van der Waals surface area contributed by atoms with Gasteiger partial charge in [0.1, 0.15) is 12.0 Å². The molecule has 0 aliphatic carbocycles. The lowest BCUT2D eigenvalue weighted by Crippen LogP contribution is -2.40. The Bertz CT molecular complexity index is 753. The third-order valence-electron chi connectivity index (χ3n) is 3.84. The molecule has 1 atom stereocenters. The number of fused-ring (bicyclic) bond motifs is 1. The van der Waals surface area contributed by atoms with Gasteiger partial charge in [0.25, 0.3) is 11.5 Å². The van der Waals surface area contributed by atoms with Gasteiger partial charge in [0, 0.05) is 43.9 Å². The lowest BCUT2D eigenvalue weighted by Gasteiger charge is -2.32. The van der Waals surface area contributed by atoms with Crippen LogP contribution in [0.4, 0.5) is 0 Å². The lowest BCUT2D eigenvalue weighted by atomic mass is 9.97. The van der Waals surface area contributed by atoms with E-state index in [9.17, 15) is 9.59 Å². The van der Waals surface area contributed by atoms with E-state index in [0.717, 1.165) is 11.3 Å². The second-order valence-electron chi connectivity index (χ2n) is 5.33. The van der Waals surface area contributed by atoms with Gasteiger partial charge < -0.3 is 9.47 Å². The van der Waals surface area contributed by atoms with E-state index in [0.29, 0.717) is 18.8 Å². The highest BCUT2D eigenvalue weighted by molar-refractivity contribution is 5.92. The highest BCUT2D eigenvalue weighted by atomic mass is 16.2. The minimum absolute atomic E-state index is 0.142. The molecule has 21 heavy (non-hydrogen) atoms. The molecule has 0 spiro atoms. The third kappa shape index (κ3) is 2.33. The molecule has 3 rings (SSSR count). The van der Waals surface area contributed by atoms with Crippen LogP contribution >= 0.6 is 0 Å². The topological polar surface area (TPSA) is 68.1 Å². The number of rotatable bonds is 1. The minimum atomic E-state index is -0.186. The molecule has 108 valence electrons. The zero-order valence-electron chi connectivity index (χ0n) is 12.0. The predicted octanol–water partition coefficient (Wildman–Crippen LogP) is 0.935. The maximum Gasteiger partial charge on any atom is 0.270 e. The Morgan fingerprint density at radius 1 is 1.38 bits per heavy atom. The highest BCUT2D eigenvalue weighted by Gasteiger charge is 2.28. The molecule has 2 aromatic heterocycles. The van der Waals surface area contributed by atoms with E-state index in [4.69, 9.17) is 0 Å². The largest absolute Gasteiger partial charge is 0.332 e. The first-order chi connectivity index (χ1) is 10.1. The maximum atomic E-state index is 12.7. The summed E-state index contributed by atoms with van der Waals surface area (Å²) in [6.07, 6.45) is 3.29. The number of nitrogens with zero attached hydrogens (tertiary/aromatic N) is 4. The quantitative estimate of drug-likeness (QED) is 0.781. The average molecular weight is 284 g/mol. The van der Waals surface area contributed by atoms with Crippen LogP contribution in [0.5, 0.6) is 0 Å². The Morgan fingerprint density at radius 3 is 3.00 bits per heavy atom. The zero-order valence-corrected chi connectivity index (χ0v) is 12.0. The van der Waals surface area contributed by atoms with Gasteiger partial charge in [-0.05, 0) is 6.07 Å². The minimum Gasteiger partial charge on any atom is -0.332 e. The summed E-state index contributed by atoms with van der Waals surface area (Å²) < 4.78 is 1.38. The molecule has 6 nitrogen and oxygen atoms in total. The summed E-state index contributed by atoms with van der Waals surface area (Å²) in [6, 6.07) is 4.73. The van der Waals surface area contributed by atoms with Gasteiger partial charge in [0.05, 0.1) is 5.69 Å². The van der Waals surface area contributed by atoms with Crippen LogP contribution in [0.2, 0.25) is 0 Å². The van der Waals surface area contributed by atoms with Crippen LogP contribution < -0.4 is 5.56 Å². The Balaban J connectivity index is 1.94. The summed E-state index contributed by atoms with van der Waals surface area (Å²) in [7, 11) is 1.61. The Labute approximate surface area is 122 Å². The third-order valence-corrected chi connectivity index (χ3v) is 3.84. The van der Waals surface area contributed by atoms with E-state index >= 15 is 0 Å². The lowest BCUT2D eigenvalue weighted by molar-refractivity contribution is 0.0707. The zero-order chi connectivity index (χ0) is 15.0. The normalized spacial score (nSPS) is 17.4. The van der Waals surface area contributed by atoms with Gasteiger partial charge in [-0.1, -0.05) is 13.0 Å². The Hall–Kier alpha value is -2.50. The second kappa shape index (κ2) is 5.12. The van der Waals surface area contributed by atoms with Gasteiger partial charge in [0.15, 0.2) is 0 Å². The molecular weight excluding hydrogens is 268 g/mol. The molecule has 1 aliphatic heterocycles. The van der Waals surface area contributed by atoms with Gasteiger partial charge in [-0.25, -0.2) is 9.97 Å². The summed E-state index contributed by atoms with van der Waals surface area (Å²) in [5.74, 6) is 0.0120. The molecule has 0 N–H and O–H groups in total. The second-order valence-corrected chi connectivity index (χ2v) is 5.33. The highest BCUT2D eigenvalue weighted by Crippen LogP contribution is 2.26. The van der Waals surface area contributed by atoms with Crippen LogP contribution in [0.1, 0.15) is 34.6 Å². The van der Waals surface area contributed by atoms with Crippen LogP contribution in [-0.2, 0) is 13.6 Å². The van der Waals surface area contributed by atoms with Crippen molar-refractivity contribution in [2.24, 2.45) is 7.05 Å². The van der Waals surface area contributed by atoms with Crippen LogP contribution in [0.15, 0.2) is 35.5 Å². The molecule has 1 aliphatic rings. The summed E-state index contributed by atoms with van der Waals surface area (Å²) in [5, 5.41) is 0. The molecule has 0 fully saturated rings. The molecule has 0 bridgehead atoms. The summed E-state index contributed by atoms with van der Waals surface area (Å²) in [6.45, 7) is 3.10. The van der Waals surface area contributed by atoms with E-state index in [-0.39, 0.29) is 17.4 Å². The van der Waals surface area contributed by atoms with E-state index in [2.05, 4.69) is 9.97 Å². The molecule has 0 radical (unpaired) electrons. The molecule has 0 aromatic carbocycles. The number of hydrogen-bond donors (Lipinski definition) is 0. The van der Waals surface area contributed by atoms with Crippen LogP contribution in [0.3, 0.4) is 0 Å². The van der Waals surface area contributed by atoms with Gasteiger partial charge >= 0.3 is 0 Å². The van der Waals surface area contributed by atoms with Gasteiger partial charge in [-0.2, -0.15) is 0 Å². The fraction of sp³-hybridized carbons (Fsp3) is 0.333. The molecule has 2 aromatic rings. The van der Waals surface area contributed by atoms with Crippen molar-refractivity contribution in [1.82, 2.24) is 19.4 Å². The number of hydrogen-bond acceptors (Lipinski definition) is 4. The van der Waals surface area contributed by atoms with Crippen molar-refractivity contribution in [3.63, 3.8) is 0 Å². The van der Waals surface area contributed by atoms with Crippen LogP contribution in [0.25, 0.3) is 0 Å². The van der Waals surface area contributed by atoms with Crippen molar-refractivity contribution in [3.8, 4) is 0 Å². The first-order valence-electron chi connectivity index (χ1n) is 6.82. The van der Waals surface area contributed by atoms with E-state index < -0.39 is 0 Å². The van der Waals surface area contributed by atoms with Crippen molar-refractivity contribution in [3.05, 3.63) is 58.0 Å². The van der Waals surface area contributed by atoms with Crippen molar-refractivity contribution < 1.29 is 4.79 Å². The monoisotopic (exact) mass is 284 g/mol. The van der Waals surface area contributed by atoms with Gasteiger partial charge in [-0.3, -0.25) is 9.59 Å². The average Bonchev–Trinajstić information content (AvgIpc) is 2.49. The summed E-state index contributed by atoms with van der Waals surface area (Å²) in [5.41, 5.74) is 2.17. The van der Waals surface area contributed by atoms with Crippen molar-refractivity contribution in [1.29, 1.82) is 0 Å². The molecular formula is C15H16N4O2. The SMILES string of the molecule is CC1CN(C(=O)c2cccc(=O)n2C)Cc2cncnc21. The number of pyridine rings is 1. The molecule has 6 heteroatoms. The Kier molecular flexibility index (Phi) is 3.29. The van der Waals surface area contributed by atoms with E-state index in [1.165, 1.54) is 17.0 Å². The van der Waals surface area contributed by atoms with Crippen LogP contribution in [-0.4, -0.2) is 31.9 Å². The summed E-state index contributed by atoms with van der Waals surface area (Å²) >= 11 is 0. The molecule has 3 heterocycles. The maximum absolute atomic E-state index is 12.7. The van der Waals surface area contributed by atoms with Crippen LogP contribution in [0, 0.1) is 0 Å². The fourth-order valence-electron chi connectivity index (χ4n) is 2.72. The molecule has 0 saturated carbocycles. The fourth-order valence-corrected chi connectivity index (χ4v) is 2.72. The first-order valence-corrected chi connectivity index (χ1v) is 6.82. The van der Waals surface area contributed by atoms with Crippen molar-refractivity contribution in [2.75, 3.05) is 6.54 Å². The molecule has 1 unspecified atom stereocenters. The standard InChI is InChI=1S/C15H16N4O2/c1-10-7-19(8-11-6-16-9-17-14(10)11)15(21)12-4-3-5-13(20)18(12)2/h3-6,9-10H,7-8H2,1-2H3. The number of carbonyl (C=O) groups excluding carboxylic acids is 1. The first kappa shape index (κ1) is 13.5. The van der Waals surface area contributed by atoms with E-state index in [1.54, 1.807) is 30.3 Å². The molecule has 0 saturated heterocycles. The molecule has 1 amide bonds. The van der Waals surface area contributed by atoms with Gasteiger partial charge in [0.2, 0.25) is 0 Å². The smallest absolute Gasteiger partial charge is 0.270 e. The van der Waals surface area contributed by atoms with Crippen molar-refractivity contribution in [2.45, 2.75) is 19.4 Å². The number of amides is 1.